The molecule has 0 fully saturated rings. The third kappa shape index (κ3) is 3.73. The molecule has 2 aromatic rings. The van der Waals surface area contributed by atoms with Crippen molar-refractivity contribution in [1.82, 2.24) is 4.98 Å². The molecule has 0 amide bonds. The van der Waals surface area contributed by atoms with Crippen LogP contribution in [0.1, 0.15) is 11.1 Å². The Labute approximate surface area is 105 Å². The molecule has 0 spiro atoms. The number of pyridine rings is 1. The largest absolute Gasteiger partial charge is 0.384 e. The van der Waals surface area contributed by atoms with E-state index in [1.807, 2.05) is 30.3 Å². The molecule has 17 heavy (non-hydrogen) atoms. The Morgan fingerprint density at radius 3 is 2.65 bits per heavy atom. The van der Waals surface area contributed by atoms with Gasteiger partial charge in [0, 0.05) is 11.2 Å². The summed E-state index contributed by atoms with van der Waals surface area (Å²) in [5, 5.41) is 0.722. The van der Waals surface area contributed by atoms with Gasteiger partial charge in [-0.2, -0.15) is 0 Å². The van der Waals surface area contributed by atoms with Gasteiger partial charge >= 0.3 is 0 Å². The summed E-state index contributed by atoms with van der Waals surface area (Å²) in [6.45, 7) is 1.05. The van der Waals surface area contributed by atoms with Gasteiger partial charge in [-0.1, -0.05) is 29.8 Å². The van der Waals surface area contributed by atoms with Gasteiger partial charge in [-0.05, 0) is 29.3 Å². The number of halogens is 1. The van der Waals surface area contributed by atoms with Crippen LogP contribution in [0.4, 0.5) is 5.82 Å². The topological polar surface area (TPSA) is 48.1 Å². The molecule has 4 heteroatoms. The number of aromatic nitrogens is 1. The quantitative estimate of drug-likeness (QED) is 0.905. The van der Waals surface area contributed by atoms with Crippen LogP contribution in [0.25, 0.3) is 0 Å². The van der Waals surface area contributed by atoms with E-state index in [1.54, 1.807) is 12.3 Å². The summed E-state index contributed by atoms with van der Waals surface area (Å²) in [7, 11) is 0. The lowest BCUT2D eigenvalue weighted by Gasteiger charge is -2.05. The van der Waals surface area contributed by atoms with Crippen LogP contribution < -0.4 is 5.73 Å². The first-order chi connectivity index (χ1) is 8.24. The molecule has 1 aromatic heterocycles. The number of nitrogens with two attached hydrogens (primary N) is 1. The molecule has 1 aromatic carbocycles. The van der Waals surface area contributed by atoms with Crippen LogP contribution in [0.2, 0.25) is 5.02 Å². The highest BCUT2D eigenvalue weighted by molar-refractivity contribution is 6.30. The second-order valence-electron chi connectivity index (χ2n) is 3.71. The molecule has 2 rings (SSSR count). The molecule has 0 unspecified atom stereocenters. The van der Waals surface area contributed by atoms with Crippen LogP contribution in [0.5, 0.6) is 0 Å². The molecule has 0 saturated heterocycles. The van der Waals surface area contributed by atoms with Crippen molar-refractivity contribution in [3.8, 4) is 0 Å². The van der Waals surface area contributed by atoms with E-state index >= 15 is 0 Å². The predicted octanol–water partition coefficient (Wildman–Crippen LogP) is 3.03. The number of ether oxygens (including phenoxy) is 1. The van der Waals surface area contributed by atoms with E-state index in [0.717, 1.165) is 16.1 Å². The number of hydrogen-bond acceptors (Lipinski definition) is 3. The molecule has 2 N–H and O–H groups in total. The molecule has 1 heterocycles. The first-order valence-corrected chi connectivity index (χ1v) is 5.64. The summed E-state index contributed by atoms with van der Waals surface area (Å²) < 4.78 is 5.56. The Morgan fingerprint density at radius 2 is 1.94 bits per heavy atom. The number of nitrogen functional groups attached to an aromatic ring is 1. The maximum atomic E-state index is 5.88. The van der Waals surface area contributed by atoms with E-state index in [-0.39, 0.29) is 0 Å². The van der Waals surface area contributed by atoms with E-state index in [4.69, 9.17) is 22.1 Å². The predicted molar refractivity (Wildman–Crippen MR) is 68.6 cm³/mol. The summed E-state index contributed by atoms with van der Waals surface area (Å²) in [6.07, 6.45) is 1.72. The monoisotopic (exact) mass is 248 g/mol. The summed E-state index contributed by atoms with van der Waals surface area (Å²) in [4.78, 5) is 4.00. The number of hydrogen-bond donors (Lipinski definition) is 1. The molecule has 0 atom stereocenters. The minimum absolute atomic E-state index is 0.514. The molecule has 0 aliphatic carbocycles. The average molecular weight is 249 g/mol. The van der Waals surface area contributed by atoms with Crippen LogP contribution in [-0.4, -0.2) is 4.98 Å². The lowest BCUT2D eigenvalue weighted by molar-refractivity contribution is 0.107. The third-order valence-corrected chi connectivity index (χ3v) is 2.51. The molecule has 0 radical (unpaired) electrons. The Morgan fingerprint density at radius 1 is 1.12 bits per heavy atom. The second kappa shape index (κ2) is 5.66. The van der Waals surface area contributed by atoms with Crippen LogP contribution in [-0.2, 0) is 18.0 Å². The highest BCUT2D eigenvalue weighted by atomic mass is 35.5. The third-order valence-electron chi connectivity index (χ3n) is 2.27. The van der Waals surface area contributed by atoms with Crippen LogP contribution >= 0.6 is 11.6 Å². The van der Waals surface area contributed by atoms with Crippen LogP contribution in [0.15, 0.2) is 42.6 Å². The number of benzene rings is 1. The molecule has 88 valence electrons. The highest BCUT2D eigenvalue weighted by Crippen LogP contribution is 2.12. The van der Waals surface area contributed by atoms with Gasteiger partial charge in [0.2, 0.25) is 0 Å². The van der Waals surface area contributed by atoms with Crippen molar-refractivity contribution in [3.05, 3.63) is 58.7 Å². The standard InChI is InChI=1S/C13H13ClN2O/c14-12-3-1-2-10(6-12)8-17-9-11-4-5-13(15)16-7-11/h1-7H,8-9H2,(H2,15,16). The highest BCUT2D eigenvalue weighted by Gasteiger charge is 1.97. The van der Waals surface area contributed by atoms with E-state index in [2.05, 4.69) is 4.98 Å². The molecular formula is C13H13ClN2O. The Hall–Kier alpha value is -1.58. The van der Waals surface area contributed by atoms with Crippen molar-refractivity contribution in [2.24, 2.45) is 0 Å². The minimum Gasteiger partial charge on any atom is -0.384 e. The number of rotatable bonds is 4. The summed E-state index contributed by atoms with van der Waals surface area (Å²) in [6, 6.07) is 11.3. The average Bonchev–Trinajstić information content (AvgIpc) is 2.32. The Kier molecular flexibility index (Phi) is 3.96. The van der Waals surface area contributed by atoms with E-state index < -0.39 is 0 Å². The van der Waals surface area contributed by atoms with Gasteiger partial charge in [0.25, 0.3) is 0 Å². The maximum absolute atomic E-state index is 5.88. The Bertz CT molecular complexity index is 485. The van der Waals surface area contributed by atoms with Crippen molar-refractivity contribution >= 4 is 17.4 Å². The fourth-order valence-electron chi connectivity index (χ4n) is 1.43. The first-order valence-electron chi connectivity index (χ1n) is 5.26. The van der Waals surface area contributed by atoms with Crippen molar-refractivity contribution in [2.75, 3.05) is 5.73 Å². The van der Waals surface area contributed by atoms with E-state index in [9.17, 15) is 0 Å². The summed E-state index contributed by atoms with van der Waals surface area (Å²) in [5.41, 5.74) is 7.55. The van der Waals surface area contributed by atoms with Crippen molar-refractivity contribution in [1.29, 1.82) is 0 Å². The summed E-state index contributed by atoms with van der Waals surface area (Å²) >= 11 is 5.88. The van der Waals surface area contributed by atoms with Gasteiger partial charge in [0.1, 0.15) is 5.82 Å². The van der Waals surface area contributed by atoms with Gasteiger partial charge in [-0.3, -0.25) is 0 Å². The molecular weight excluding hydrogens is 236 g/mol. The van der Waals surface area contributed by atoms with Gasteiger partial charge < -0.3 is 10.5 Å². The van der Waals surface area contributed by atoms with Crippen LogP contribution in [0, 0.1) is 0 Å². The molecule has 3 nitrogen and oxygen atoms in total. The molecule has 0 saturated carbocycles. The normalized spacial score (nSPS) is 10.4. The van der Waals surface area contributed by atoms with Gasteiger partial charge in [0.15, 0.2) is 0 Å². The van der Waals surface area contributed by atoms with Crippen molar-refractivity contribution < 1.29 is 4.74 Å². The first kappa shape index (κ1) is 11.9. The number of nitrogens with zero attached hydrogens (tertiary/aromatic N) is 1. The van der Waals surface area contributed by atoms with Gasteiger partial charge in [-0.15, -0.1) is 0 Å². The number of anilines is 1. The maximum Gasteiger partial charge on any atom is 0.123 e. The smallest absolute Gasteiger partial charge is 0.123 e. The zero-order chi connectivity index (χ0) is 12.1. The zero-order valence-corrected chi connectivity index (χ0v) is 10.0. The fraction of sp³-hybridized carbons (Fsp3) is 0.154. The van der Waals surface area contributed by atoms with E-state index in [0.29, 0.717) is 19.0 Å². The Balaban J connectivity index is 1.85. The van der Waals surface area contributed by atoms with Crippen LogP contribution in [0.3, 0.4) is 0 Å². The SMILES string of the molecule is Nc1ccc(COCc2cccc(Cl)c2)cn1. The molecule has 0 aliphatic rings. The van der Waals surface area contributed by atoms with E-state index in [1.165, 1.54) is 0 Å². The minimum atomic E-state index is 0.514. The molecule has 0 bridgehead atoms. The fourth-order valence-corrected chi connectivity index (χ4v) is 1.65. The lowest BCUT2D eigenvalue weighted by atomic mass is 10.2. The second-order valence-corrected chi connectivity index (χ2v) is 4.15. The zero-order valence-electron chi connectivity index (χ0n) is 9.27. The van der Waals surface area contributed by atoms with Gasteiger partial charge in [0.05, 0.1) is 13.2 Å². The van der Waals surface area contributed by atoms with Crippen molar-refractivity contribution in [2.45, 2.75) is 13.2 Å². The lowest BCUT2D eigenvalue weighted by Crippen LogP contribution is -1.96. The van der Waals surface area contributed by atoms with Crippen molar-refractivity contribution in [3.63, 3.8) is 0 Å². The van der Waals surface area contributed by atoms with Gasteiger partial charge in [-0.25, -0.2) is 4.98 Å². The molecule has 0 aliphatic heterocycles. The summed E-state index contributed by atoms with van der Waals surface area (Å²) in [5.74, 6) is 0.517.